The third-order valence-electron chi connectivity index (χ3n) is 4.69. The molecule has 0 aromatic heterocycles. The number of morpholine rings is 1. The van der Waals surface area contributed by atoms with Crippen LogP contribution < -0.4 is 10.6 Å². The highest BCUT2D eigenvalue weighted by atomic mass is 127. The predicted octanol–water partition coefficient (Wildman–Crippen LogP) is 3.14. The van der Waals surface area contributed by atoms with Gasteiger partial charge in [-0.3, -0.25) is 9.89 Å². The monoisotopic (exact) mass is 498 g/mol. The molecular weight excluding hydrogens is 470 g/mol. The smallest absolute Gasteiger partial charge is 0.191 e. The van der Waals surface area contributed by atoms with E-state index < -0.39 is 0 Å². The molecule has 2 aromatic carbocycles. The molecule has 1 aliphatic heterocycles. The van der Waals surface area contributed by atoms with Crippen molar-refractivity contribution >= 4 is 29.9 Å². The molecule has 0 saturated carbocycles. The number of halogens is 2. The van der Waals surface area contributed by atoms with Gasteiger partial charge in [0.25, 0.3) is 0 Å². The van der Waals surface area contributed by atoms with Crippen molar-refractivity contribution < 1.29 is 9.13 Å². The van der Waals surface area contributed by atoms with Gasteiger partial charge in [-0.25, -0.2) is 4.39 Å². The predicted molar refractivity (Wildman–Crippen MR) is 121 cm³/mol. The Labute approximate surface area is 183 Å². The number of hydrogen-bond acceptors (Lipinski definition) is 3. The standard InChI is InChI=1S/C21H27FN4O.HI/c1-23-21(25-15-18-7-4-5-9-20(18)22)24-14-17-6-2-3-8-19(17)16-26-10-12-27-13-11-26;/h2-9H,10-16H2,1H3,(H2,23,24,25);1H. The molecule has 0 aliphatic carbocycles. The average molecular weight is 498 g/mol. The zero-order chi connectivity index (χ0) is 18.9. The van der Waals surface area contributed by atoms with Crippen LogP contribution in [0.25, 0.3) is 0 Å². The molecule has 152 valence electrons. The molecule has 2 N–H and O–H groups in total. The maximum Gasteiger partial charge on any atom is 0.191 e. The molecule has 0 radical (unpaired) electrons. The second kappa shape index (κ2) is 12.0. The van der Waals surface area contributed by atoms with Crippen LogP contribution in [0, 0.1) is 5.82 Å². The normalized spacial score (nSPS) is 15.0. The van der Waals surface area contributed by atoms with E-state index >= 15 is 0 Å². The molecule has 0 spiro atoms. The number of aliphatic imine (C=N–C) groups is 1. The van der Waals surface area contributed by atoms with Crippen molar-refractivity contribution in [2.24, 2.45) is 4.99 Å². The average Bonchev–Trinajstić information content (AvgIpc) is 2.71. The van der Waals surface area contributed by atoms with Crippen molar-refractivity contribution in [1.82, 2.24) is 15.5 Å². The Kier molecular flexibility index (Phi) is 9.66. The summed E-state index contributed by atoms with van der Waals surface area (Å²) < 4.78 is 19.2. The van der Waals surface area contributed by atoms with Gasteiger partial charge in [-0.15, -0.1) is 24.0 Å². The van der Waals surface area contributed by atoms with E-state index in [4.69, 9.17) is 4.74 Å². The van der Waals surface area contributed by atoms with Crippen molar-refractivity contribution in [3.05, 3.63) is 71.0 Å². The first-order valence-electron chi connectivity index (χ1n) is 9.31. The first kappa shape index (κ1) is 22.6. The fourth-order valence-electron chi connectivity index (χ4n) is 3.10. The largest absolute Gasteiger partial charge is 0.379 e. The molecule has 1 aliphatic rings. The van der Waals surface area contributed by atoms with Crippen molar-refractivity contribution in [1.29, 1.82) is 0 Å². The Balaban J connectivity index is 0.00000280. The summed E-state index contributed by atoms with van der Waals surface area (Å²) in [6.45, 7) is 5.50. The van der Waals surface area contributed by atoms with Crippen LogP contribution in [0.3, 0.4) is 0 Å². The highest BCUT2D eigenvalue weighted by molar-refractivity contribution is 14.0. The number of ether oxygens (including phenoxy) is 1. The van der Waals surface area contributed by atoms with E-state index in [1.807, 2.05) is 6.07 Å². The topological polar surface area (TPSA) is 48.9 Å². The van der Waals surface area contributed by atoms with Gasteiger partial charge in [-0.1, -0.05) is 42.5 Å². The molecule has 0 unspecified atom stereocenters. The number of rotatable bonds is 6. The lowest BCUT2D eigenvalue weighted by molar-refractivity contribution is 0.0341. The van der Waals surface area contributed by atoms with Crippen molar-refractivity contribution in [3.8, 4) is 0 Å². The van der Waals surface area contributed by atoms with Crippen LogP contribution in [0.5, 0.6) is 0 Å². The third kappa shape index (κ3) is 6.72. The lowest BCUT2D eigenvalue weighted by Crippen LogP contribution is -2.37. The van der Waals surface area contributed by atoms with Gasteiger partial charge in [-0.05, 0) is 17.2 Å². The minimum Gasteiger partial charge on any atom is -0.379 e. The molecule has 0 amide bonds. The van der Waals surface area contributed by atoms with E-state index in [2.05, 4.69) is 44.8 Å². The Morgan fingerprint density at radius 1 is 0.964 bits per heavy atom. The minimum absolute atomic E-state index is 0. The molecule has 7 heteroatoms. The molecule has 1 saturated heterocycles. The van der Waals surface area contributed by atoms with E-state index in [1.165, 1.54) is 17.2 Å². The van der Waals surface area contributed by atoms with Crippen LogP contribution in [0.4, 0.5) is 4.39 Å². The number of nitrogens with one attached hydrogen (secondary N) is 2. The van der Waals surface area contributed by atoms with E-state index in [0.29, 0.717) is 24.6 Å². The van der Waals surface area contributed by atoms with Crippen LogP contribution in [0.1, 0.15) is 16.7 Å². The van der Waals surface area contributed by atoms with Crippen LogP contribution in [0.2, 0.25) is 0 Å². The summed E-state index contributed by atoms with van der Waals surface area (Å²) in [5.41, 5.74) is 3.16. The van der Waals surface area contributed by atoms with Crippen LogP contribution in [-0.2, 0) is 24.4 Å². The quantitative estimate of drug-likeness (QED) is 0.365. The Hall–Kier alpha value is -1.71. The number of guanidine groups is 1. The maximum absolute atomic E-state index is 13.8. The SMILES string of the molecule is CN=C(NCc1ccccc1F)NCc1ccccc1CN1CCOCC1.I. The minimum atomic E-state index is -0.212. The Morgan fingerprint density at radius 3 is 2.18 bits per heavy atom. The van der Waals surface area contributed by atoms with Gasteiger partial charge in [0.15, 0.2) is 5.96 Å². The summed E-state index contributed by atoms with van der Waals surface area (Å²) >= 11 is 0. The highest BCUT2D eigenvalue weighted by Crippen LogP contribution is 2.13. The van der Waals surface area contributed by atoms with Gasteiger partial charge in [0.05, 0.1) is 13.2 Å². The second-order valence-electron chi connectivity index (χ2n) is 6.53. The summed E-state index contributed by atoms with van der Waals surface area (Å²) in [7, 11) is 1.72. The number of benzene rings is 2. The molecule has 5 nitrogen and oxygen atoms in total. The molecule has 3 rings (SSSR count). The van der Waals surface area contributed by atoms with Gasteiger partial charge in [0.1, 0.15) is 5.82 Å². The maximum atomic E-state index is 13.8. The van der Waals surface area contributed by atoms with E-state index in [9.17, 15) is 4.39 Å². The summed E-state index contributed by atoms with van der Waals surface area (Å²) in [6, 6.07) is 15.2. The lowest BCUT2D eigenvalue weighted by atomic mass is 10.1. The van der Waals surface area contributed by atoms with Gasteiger partial charge in [0, 0.05) is 45.3 Å². The Bertz CT molecular complexity index is 766. The number of nitrogens with zero attached hydrogens (tertiary/aromatic N) is 2. The number of hydrogen-bond donors (Lipinski definition) is 2. The summed E-state index contributed by atoms with van der Waals surface area (Å²) in [5.74, 6) is 0.440. The van der Waals surface area contributed by atoms with Crippen molar-refractivity contribution in [2.75, 3.05) is 33.4 Å². The summed E-state index contributed by atoms with van der Waals surface area (Å²) in [4.78, 5) is 6.65. The lowest BCUT2D eigenvalue weighted by Gasteiger charge is -2.27. The molecule has 0 atom stereocenters. The van der Waals surface area contributed by atoms with E-state index in [0.717, 1.165) is 32.8 Å². The van der Waals surface area contributed by atoms with Gasteiger partial charge in [-0.2, -0.15) is 0 Å². The zero-order valence-electron chi connectivity index (χ0n) is 16.2. The molecule has 2 aromatic rings. The Morgan fingerprint density at radius 2 is 1.54 bits per heavy atom. The molecule has 0 bridgehead atoms. The molecule has 1 fully saturated rings. The second-order valence-corrected chi connectivity index (χ2v) is 6.53. The van der Waals surface area contributed by atoms with Crippen molar-refractivity contribution in [3.63, 3.8) is 0 Å². The first-order chi connectivity index (χ1) is 13.3. The third-order valence-corrected chi connectivity index (χ3v) is 4.69. The van der Waals surface area contributed by atoms with Crippen LogP contribution >= 0.6 is 24.0 Å². The van der Waals surface area contributed by atoms with Crippen LogP contribution in [0.15, 0.2) is 53.5 Å². The molecule has 28 heavy (non-hydrogen) atoms. The van der Waals surface area contributed by atoms with Gasteiger partial charge >= 0.3 is 0 Å². The molecule has 1 heterocycles. The fraction of sp³-hybridized carbons (Fsp3) is 0.381. The first-order valence-corrected chi connectivity index (χ1v) is 9.31. The van der Waals surface area contributed by atoms with Crippen LogP contribution in [-0.4, -0.2) is 44.2 Å². The molecular formula is C21H28FIN4O. The summed E-state index contributed by atoms with van der Waals surface area (Å²) in [5, 5.41) is 6.50. The zero-order valence-corrected chi connectivity index (χ0v) is 18.5. The van der Waals surface area contributed by atoms with Crippen molar-refractivity contribution in [2.45, 2.75) is 19.6 Å². The van der Waals surface area contributed by atoms with E-state index in [-0.39, 0.29) is 29.8 Å². The fourth-order valence-corrected chi connectivity index (χ4v) is 3.10. The van der Waals surface area contributed by atoms with E-state index in [1.54, 1.807) is 19.2 Å². The summed E-state index contributed by atoms with van der Waals surface area (Å²) in [6.07, 6.45) is 0. The highest BCUT2D eigenvalue weighted by Gasteiger charge is 2.13. The van der Waals surface area contributed by atoms with Gasteiger partial charge in [0.2, 0.25) is 0 Å². The van der Waals surface area contributed by atoms with Gasteiger partial charge < -0.3 is 15.4 Å².